The van der Waals surface area contributed by atoms with Crippen molar-refractivity contribution in [2.24, 2.45) is 4.99 Å². The van der Waals surface area contributed by atoms with Crippen molar-refractivity contribution in [1.29, 1.82) is 0 Å². The van der Waals surface area contributed by atoms with Crippen molar-refractivity contribution in [2.75, 3.05) is 39.2 Å². The van der Waals surface area contributed by atoms with Gasteiger partial charge < -0.3 is 15.2 Å². The van der Waals surface area contributed by atoms with Crippen LogP contribution in [0.1, 0.15) is 46.5 Å². The van der Waals surface area contributed by atoms with E-state index in [1.807, 2.05) is 45.0 Å². The fraction of sp³-hybridized carbons (Fsp3) is 0.560. The first-order chi connectivity index (χ1) is 17.5. The maximum atomic E-state index is 12.2. The number of aliphatic imine (C=N–C) groups is 1. The summed E-state index contributed by atoms with van der Waals surface area (Å²) in [6, 6.07) is 7.76. The molecular formula is C25H38N5O6S+. The van der Waals surface area contributed by atoms with Crippen LogP contribution in [0.5, 0.6) is 0 Å². The van der Waals surface area contributed by atoms with Crippen LogP contribution in [0.2, 0.25) is 0 Å². The quantitative estimate of drug-likeness (QED) is 0.233. The number of amides is 1. The summed E-state index contributed by atoms with van der Waals surface area (Å²) in [7, 11) is -3.50. The van der Waals surface area contributed by atoms with Crippen molar-refractivity contribution in [1.82, 2.24) is 19.7 Å². The molecule has 1 unspecified atom stereocenters. The molecule has 1 atom stereocenters. The lowest BCUT2D eigenvalue weighted by atomic mass is 10.0. The number of nitrogens with zero attached hydrogens (tertiary/aromatic N) is 3. The molecule has 1 aromatic carbocycles. The zero-order valence-electron chi connectivity index (χ0n) is 22.0. The van der Waals surface area contributed by atoms with Crippen molar-refractivity contribution < 1.29 is 27.9 Å². The molecule has 2 heterocycles. The SMILES string of the molecule is CCOCC1=Nc2cnc3ccccc3c2[N+]1(CC(C)(C)NS(C)(=O)=O)OCCCCCCNC(=O)O. The largest absolute Gasteiger partial charge is 0.465 e. The molecule has 11 nitrogen and oxygen atoms in total. The highest BCUT2D eigenvalue weighted by Gasteiger charge is 2.52. The van der Waals surface area contributed by atoms with Crippen LogP contribution in [0.15, 0.2) is 35.5 Å². The van der Waals surface area contributed by atoms with E-state index in [4.69, 9.17) is 19.7 Å². The topological polar surface area (TPSA) is 139 Å². The Hall–Kier alpha value is -2.64. The second-order valence-electron chi connectivity index (χ2n) is 9.81. The third-order valence-electron chi connectivity index (χ3n) is 5.93. The van der Waals surface area contributed by atoms with Crippen LogP contribution in [-0.2, 0) is 19.6 Å². The van der Waals surface area contributed by atoms with Gasteiger partial charge in [-0.05, 0) is 45.7 Å². The lowest BCUT2D eigenvalue weighted by Gasteiger charge is -2.38. The number of sulfonamides is 1. The van der Waals surface area contributed by atoms with E-state index in [1.165, 1.54) is 0 Å². The Morgan fingerprint density at radius 2 is 1.89 bits per heavy atom. The maximum Gasteiger partial charge on any atom is 0.404 e. The van der Waals surface area contributed by atoms with Crippen LogP contribution < -0.4 is 14.7 Å². The van der Waals surface area contributed by atoms with E-state index in [1.54, 1.807) is 6.20 Å². The Kier molecular flexibility index (Phi) is 9.59. The molecule has 1 amide bonds. The molecule has 0 radical (unpaired) electrons. The number of carboxylic acid groups (broad SMARTS) is 1. The second kappa shape index (κ2) is 12.3. The number of pyridine rings is 1. The summed E-state index contributed by atoms with van der Waals surface area (Å²) in [6.45, 7) is 7.32. The smallest absolute Gasteiger partial charge is 0.404 e. The van der Waals surface area contributed by atoms with Crippen molar-refractivity contribution in [3.05, 3.63) is 30.5 Å². The number of amidine groups is 1. The van der Waals surface area contributed by atoms with Crippen molar-refractivity contribution in [2.45, 2.75) is 52.0 Å². The van der Waals surface area contributed by atoms with Gasteiger partial charge in [-0.25, -0.2) is 17.9 Å². The number of benzene rings is 1. The molecule has 12 heteroatoms. The standard InChI is InChI=1S/C25H37N5O6S/c1-5-35-17-22-28-21-16-27-20-13-9-8-12-19(20)23(21)30(22,18-25(2,3)29-37(4,33)34)36-15-11-7-6-10-14-26-24(31)32/h8-9,12-13,16,26,29H,5-7,10-11,14-15,17-18H2,1-4H3/p+1. The molecule has 37 heavy (non-hydrogen) atoms. The van der Waals surface area contributed by atoms with Crippen molar-refractivity contribution in [3.8, 4) is 0 Å². The molecule has 0 fully saturated rings. The number of ether oxygens (including phenoxy) is 1. The lowest BCUT2D eigenvalue weighted by molar-refractivity contribution is -0.102. The summed E-state index contributed by atoms with van der Waals surface area (Å²) >= 11 is 0. The van der Waals surface area contributed by atoms with E-state index in [-0.39, 0.29) is 17.8 Å². The number of quaternary nitrogens is 1. The van der Waals surface area contributed by atoms with Gasteiger partial charge in [0.1, 0.15) is 19.8 Å². The van der Waals surface area contributed by atoms with Crippen LogP contribution in [0.25, 0.3) is 10.9 Å². The van der Waals surface area contributed by atoms with Crippen LogP contribution in [-0.4, -0.2) is 75.1 Å². The van der Waals surface area contributed by atoms with E-state index >= 15 is 0 Å². The lowest BCUT2D eigenvalue weighted by Crippen LogP contribution is -2.63. The summed E-state index contributed by atoms with van der Waals surface area (Å²) in [4.78, 5) is 26.7. The molecule has 0 saturated heterocycles. The average Bonchev–Trinajstić information content (AvgIpc) is 3.10. The molecule has 1 aliphatic heterocycles. The highest BCUT2D eigenvalue weighted by molar-refractivity contribution is 7.88. The van der Waals surface area contributed by atoms with E-state index < -0.39 is 21.7 Å². The minimum absolute atomic E-state index is 0.103. The van der Waals surface area contributed by atoms with Gasteiger partial charge in [-0.15, -0.1) is 0 Å². The first-order valence-electron chi connectivity index (χ1n) is 12.5. The monoisotopic (exact) mass is 536 g/mol. The molecule has 1 aliphatic rings. The number of hydrogen-bond acceptors (Lipinski definition) is 7. The van der Waals surface area contributed by atoms with Crippen molar-refractivity contribution in [3.63, 3.8) is 0 Å². The van der Waals surface area contributed by atoms with Crippen LogP contribution in [0.3, 0.4) is 0 Å². The summed E-state index contributed by atoms with van der Waals surface area (Å²) < 4.78 is 32.8. The summed E-state index contributed by atoms with van der Waals surface area (Å²) in [5.41, 5.74) is 1.40. The Balaban J connectivity index is 1.94. The molecule has 204 valence electrons. The fourth-order valence-corrected chi connectivity index (χ4v) is 5.77. The molecule has 0 saturated carbocycles. The second-order valence-corrected chi connectivity index (χ2v) is 11.6. The van der Waals surface area contributed by atoms with Gasteiger partial charge in [-0.3, -0.25) is 4.98 Å². The number of aromatic nitrogens is 1. The van der Waals surface area contributed by atoms with Gasteiger partial charge in [-0.1, -0.05) is 29.6 Å². The molecule has 3 rings (SSSR count). The van der Waals surface area contributed by atoms with Gasteiger partial charge in [0, 0.05) is 13.2 Å². The van der Waals surface area contributed by atoms with E-state index in [9.17, 15) is 13.2 Å². The maximum absolute atomic E-state index is 12.2. The van der Waals surface area contributed by atoms with Gasteiger partial charge in [0.25, 0.3) is 5.84 Å². The van der Waals surface area contributed by atoms with Crippen LogP contribution >= 0.6 is 0 Å². The van der Waals surface area contributed by atoms with Gasteiger partial charge >= 0.3 is 6.09 Å². The number of nitrogens with one attached hydrogen (secondary N) is 2. The number of hydrogen-bond donors (Lipinski definition) is 3. The highest BCUT2D eigenvalue weighted by Crippen LogP contribution is 2.46. The number of unbranched alkanes of at least 4 members (excludes halogenated alkanes) is 3. The van der Waals surface area contributed by atoms with E-state index in [0.717, 1.165) is 48.5 Å². The molecule has 1 aromatic heterocycles. The molecular weight excluding hydrogens is 498 g/mol. The number of hydroxylamine groups is 2. The Labute approximate surface area is 218 Å². The van der Waals surface area contributed by atoms with Crippen molar-refractivity contribution >= 4 is 44.2 Å². The Morgan fingerprint density at radius 1 is 1.16 bits per heavy atom. The normalized spacial score (nSPS) is 17.6. The fourth-order valence-electron chi connectivity index (χ4n) is 4.70. The highest BCUT2D eigenvalue weighted by atomic mass is 32.2. The summed E-state index contributed by atoms with van der Waals surface area (Å²) in [6.07, 6.45) is 5.05. The summed E-state index contributed by atoms with van der Waals surface area (Å²) in [5, 5.41) is 12.0. The summed E-state index contributed by atoms with van der Waals surface area (Å²) in [5.74, 6) is 0.629. The minimum Gasteiger partial charge on any atom is -0.465 e. The molecule has 3 N–H and O–H groups in total. The van der Waals surface area contributed by atoms with Crippen LogP contribution in [0, 0.1) is 0 Å². The molecule has 0 bridgehead atoms. The van der Waals surface area contributed by atoms with E-state index in [0.29, 0.717) is 31.3 Å². The molecule has 2 aromatic rings. The number of carbonyl (C=O) groups is 1. The minimum atomic E-state index is -3.50. The third kappa shape index (κ3) is 7.68. The predicted molar refractivity (Wildman–Crippen MR) is 144 cm³/mol. The number of fused-ring (bicyclic) bond motifs is 3. The Bertz CT molecular complexity index is 1230. The predicted octanol–water partition coefficient (Wildman–Crippen LogP) is 3.71. The third-order valence-corrected chi connectivity index (χ3v) is 6.85. The Morgan fingerprint density at radius 3 is 2.59 bits per heavy atom. The first kappa shape index (κ1) is 28.9. The van der Waals surface area contributed by atoms with Gasteiger partial charge in [-0.2, -0.15) is 9.83 Å². The zero-order valence-corrected chi connectivity index (χ0v) is 22.8. The van der Waals surface area contributed by atoms with Crippen LogP contribution in [0.4, 0.5) is 16.2 Å². The van der Waals surface area contributed by atoms with E-state index in [2.05, 4.69) is 15.0 Å². The average molecular weight is 537 g/mol. The number of para-hydroxylation sites is 1. The first-order valence-corrected chi connectivity index (χ1v) is 14.4. The number of rotatable bonds is 15. The van der Waals surface area contributed by atoms with Gasteiger partial charge in [0.05, 0.1) is 28.9 Å². The molecule has 0 spiro atoms. The van der Waals surface area contributed by atoms with Gasteiger partial charge in [0.2, 0.25) is 15.7 Å². The van der Waals surface area contributed by atoms with Gasteiger partial charge in [0.15, 0.2) is 5.69 Å². The molecule has 0 aliphatic carbocycles. The zero-order chi connectivity index (χ0) is 27.1.